The van der Waals surface area contributed by atoms with Crippen LogP contribution in [-0.4, -0.2) is 21.6 Å². The lowest BCUT2D eigenvalue weighted by Crippen LogP contribution is -2.23. The molecule has 0 amide bonds. The Hall–Kier alpha value is -0.720. The summed E-state index contributed by atoms with van der Waals surface area (Å²) in [6, 6.07) is 6.17. The maximum absolute atomic E-state index is 12.1. The van der Waals surface area contributed by atoms with E-state index in [1.807, 2.05) is 11.4 Å². The Morgan fingerprint density at radius 3 is 2.00 bits per heavy atom. The van der Waals surface area contributed by atoms with Crippen LogP contribution in [0.5, 0.6) is 0 Å². The molecular formula is C11H18NO5PS. The second kappa shape index (κ2) is 6.63. The number of benzene rings is 1. The Kier molecular flexibility index (Phi) is 5.70. The SMILES string of the molecule is CCOP(=O)(NS(=O)(=O)c1ccc(C)cc1)OCC. The molecule has 0 heterocycles. The zero-order valence-electron chi connectivity index (χ0n) is 11.1. The average Bonchev–Trinajstić information content (AvgIpc) is 2.28. The monoisotopic (exact) mass is 307 g/mol. The topological polar surface area (TPSA) is 81.7 Å². The van der Waals surface area contributed by atoms with Gasteiger partial charge in [-0.25, -0.2) is 13.0 Å². The number of nitrogens with one attached hydrogen (secondary N) is 1. The summed E-state index contributed by atoms with van der Waals surface area (Å²) in [5.74, 6) is 0. The summed E-state index contributed by atoms with van der Waals surface area (Å²) >= 11 is 0. The molecular weight excluding hydrogens is 289 g/mol. The van der Waals surface area contributed by atoms with E-state index in [-0.39, 0.29) is 18.1 Å². The molecule has 108 valence electrons. The molecule has 0 bridgehead atoms. The van der Waals surface area contributed by atoms with Crippen molar-refractivity contribution >= 4 is 17.8 Å². The Labute approximate surface area is 113 Å². The summed E-state index contributed by atoms with van der Waals surface area (Å²) < 4.78 is 48.0. The Morgan fingerprint density at radius 1 is 1.11 bits per heavy atom. The quantitative estimate of drug-likeness (QED) is 0.782. The standard InChI is InChI=1S/C11H18NO5PS/c1-4-16-18(13,17-5-2)12-19(14,15)11-8-6-10(3)7-9-11/h6-9H,4-5H2,1-3H3,(H,12,13). The van der Waals surface area contributed by atoms with Crippen LogP contribution in [0.2, 0.25) is 0 Å². The van der Waals surface area contributed by atoms with Crippen molar-refractivity contribution in [2.24, 2.45) is 0 Å². The fraction of sp³-hybridized carbons (Fsp3) is 0.455. The Morgan fingerprint density at radius 2 is 1.58 bits per heavy atom. The molecule has 0 saturated carbocycles. The first-order chi connectivity index (χ1) is 8.83. The van der Waals surface area contributed by atoms with Crippen molar-refractivity contribution in [1.82, 2.24) is 4.49 Å². The molecule has 1 N–H and O–H groups in total. The zero-order valence-corrected chi connectivity index (χ0v) is 12.8. The van der Waals surface area contributed by atoms with E-state index < -0.39 is 17.8 Å². The average molecular weight is 307 g/mol. The lowest BCUT2D eigenvalue weighted by Gasteiger charge is -2.17. The highest BCUT2D eigenvalue weighted by Gasteiger charge is 2.31. The highest BCUT2D eigenvalue weighted by molar-refractivity contribution is 7.94. The summed E-state index contributed by atoms with van der Waals surface area (Å²) in [7, 11) is -7.80. The third kappa shape index (κ3) is 4.71. The molecule has 19 heavy (non-hydrogen) atoms. The first-order valence-corrected chi connectivity index (χ1v) is 8.85. The number of sulfonamides is 1. The van der Waals surface area contributed by atoms with E-state index in [1.54, 1.807) is 26.0 Å². The van der Waals surface area contributed by atoms with Gasteiger partial charge in [-0.1, -0.05) is 17.7 Å². The Bertz CT molecular complexity index is 545. The van der Waals surface area contributed by atoms with Crippen LogP contribution in [0, 0.1) is 6.92 Å². The number of hydrogen-bond acceptors (Lipinski definition) is 5. The maximum atomic E-state index is 12.1. The summed E-state index contributed by atoms with van der Waals surface area (Å²) in [5, 5.41) is 0. The van der Waals surface area contributed by atoms with Gasteiger partial charge in [0.2, 0.25) is 10.0 Å². The predicted octanol–water partition coefficient (Wildman–Crippen LogP) is 2.45. The van der Waals surface area contributed by atoms with E-state index in [0.717, 1.165) is 5.56 Å². The van der Waals surface area contributed by atoms with Crippen molar-refractivity contribution in [1.29, 1.82) is 0 Å². The van der Waals surface area contributed by atoms with Gasteiger partial charge in [-0.15, -0.1) is 4.49 Å². The molecule has 0 aliphatic heterocycles. The largest absolute Gasteiger partial charge is 0.419 e. The molecule has 0 unspecified atom stereocenters. The summed E-state index contributed by atoms with van der Waals surface area (Å²) in [6.07, 6.45) is 0. The highest BCUT2D eigenvalue weighted by Crippen LogP contribution is 2.44. The molecule has 1 aromatic rings. The summed E-state index contributed by atoms with van der Waals surface area (Å²) in [5.41, 5.74) is 0.928. The molecule has 0 atom stereocenters. The van der Waals surface area contributed by atoms with Gasteiger partial charge in [0.05, 0.1) is 18.1 Å². The Balaban J connectivity index is 3.00. The van der Waals surface area contributed by atoms with Crippen LogP contribution in [0.1, 0.15) is 19.4 Å². The minimum Gasteiger partial charge on any atom is -0.296 e. The molecule has 0 radical (unpaired) electrons. The van der Waals surface area contributed by atoms with Gasteiger partial charge in [-0.3, -0.25) is 9.05 Å². The second-order valence-electron chi connectivity index (χ2n) is 3.74. The van der Waals surface area contributed by atoms with Crippen LogP contribution in [0.3, 0.4) is 0 Å². The van der Waals surface area contributed by atoms with Crippen molar-refractivity contribution < 1.29 is 22.0 Å². The van der Waals surface area contributed by atoms with E-state index in [4.69, 9.17) is 9.05 Å². The van der Waals surface area contributed by atoms with Gasteiger partial charge < -0.3 is 0 Å². The minimum absolute atomic E-state index is 0.0118. The molecule has 0 saturated heterocycles. The van der Waals surface area contributed by atoms with Gasteiger partial charge in [-0.2, -0.15) is 0 Å². The van der Waals surface area contributed by atoms with Crippen molar-refractivity contribution in [3.8, 4) is 0 Å². The third-order valence-electron chi connectivity index (χ3n) is 2.16. The van der Waals surface area contributed by atoms with Crippen molar-refractivity contribution in [2.75, 3.05) is 13.2 Å². The zero-order chi connectivity index (χ0) is 14.5. The fourth-order valence-corrected chi connectivity index (χ4v) is 4.62. The fourth-order valence-electron chi connectivity index (χ4n) is 1.35. The molecule has 1 aromatic carbocycles. The van der Waals surface area contributed by atoms with Crippen LogP contribution in [0.4, 0.5) is 0 Å². The van der Waals surface area contributed by atoms with Crippen molar-refractivity contribution in [3.63, 3.8) is 0 Å². The second-order valence-corrected chi connectivity index (χ2v) is 7.46. The third-order valence-corrected chi connectivity index (χ3v) is 6.11. The van der Waals surface area contributed by atoms with Crippen LogP contribution < -0.4 is 4.49 Å². The summed E-state index contributed by atoms with van der Waals surface area (Å²) in [4.78, 5) is 0.0118. The molecule has 0 fully saturated rings. The molecule has 6 nitrogen and oxygen atoms in total. The lowest BCUT2D eigenvalue weighted by atomic mass is 10.2. The summed E-state index contributed by atoms with van der Waals surface area (Å²) in [6.45, 7) is 5.20. The van der Waals surface area contributed by atoms with E-state index in [0.29, 0.717) is 0 Å². The normalized spacial score (nSPS) is 12.6. The van der Waals surface area contributed by atoms with Gasteiger partial charge >= 0.3 is 7.75 Å². The molecule has 1 rings (SSSR count). The van der Waals surface area contributed by atoms with E-state index >= 15 is 0 Å². The van der Waals surface area contributed by atoms with E-state index in [9.17, 15) is 13.0 Å². The van der Waals surface area contributed by atoms with Crippen LogP contribution in [0.15, 0.2) is 29.2 Å². The van der Waals surface area contributed by atoms with Crippen molar-refractivity contribution in [3.05, 3.63) is 29.8 Å². The van der Waals surface area contributed by atoms with Gasteiger partial charge in [0.1, 0.15) is 0 Å². The predicted molar refractivity (Wildman–Crippen MR) is 72.4 cm³/mol. The van der Waals surface area contributed by atoms with Crippen LogP contribution >= 0.6 is 7.75 Å². The van der Waals surface area contributed by atoms with Gasteiger partial charge in [0, 0.05) is 0 Å². The molecule has 0 aromatic heterocycles. The van der Waals surface area contributed by atoms with Gasteiger partial charge in [-0.05, 0) is 32.9 Å². The number of hydrogen-bond donors (Lipinski definition) is 1. The highest BCUT2D eigenvalue weighted by atomic mass is 32.2. The molecule has 0 aliphatic carbocycles. The van der Waals surface area contributed by atoms with Crippen LogP contribution in [0.25, 0.3) is 0 Å². The van der Waals surface area contributed by atoms with Crippen molar-refractivity contribution in [2.45, 2.75) is 25.7 Å². The van der Waals surface area contributed by atoms with E-state index in [2.05, 4.69) is 0 Å². The molecule has 0 aliphatic rings. The van der Waals surface area contributed by atoms with Crippen LogP contribution in [-0.2, 0) is 23.6 Å². The van der Waals surface area contributed by atoms with Gasteiger partial charge in [0.15, 0.2) is 0 Å². The number of rotatable bonds is 7. The first-order valence-electron chi connectivity index (χ1n) is 5.83. The number of aryl methyl sites for hydroxylation is 1. The minimum atomic E-state index is -3.94. The molecule has 0 spiro atoms. The first kappa shape index (κ1) is 16.3. The maximum Gasteiger partial charge on any atom is 0.419 e. The van der Waals surface area contributed by atoms with E-state index in [1.165, 1.54) is 12.1 Å². The smallest absolute Gasteiger partial charge is 0.296 e. The lowest BCUT2D eigenvalue weighted by molar-refractivity contribution is 0.217. The van der Waals surface area contributed by atoms with Gasteiger partial charge in [0.25, 0.3) is 0 Å². The molecule has 8 heteroatoms.